The standard InChI is InChI=1S/C12H21NO2/c1-3-5-8-13-9-6-7-11(10-13)12(14)15-4-2/h3,11H,1,4-10H2,2H3. The lowest BCUT2D eigenvalue weighted by Crippen LogP contribution is -2.39. The molecule has 0 aromatic carbocycles. The maximum atomic E-state index is 11.5. The third-order valence-electron chi connectivity index (χ3n) is 2.77. The summed E-state index contributed by atoms with van der Waals surface area (Å²) in [5.74, 6) is 0.0596. The highest BCUT2D eigenvalue weighted by atomic mass is 16.5. The van der Waals surface area contributed by atoms with E-state index >= 15 is 0 Å². The van der Waals surface area contributed by atoms with Crippen molar-refractivity contribution in [2.75, 3.05) is 26.2 Å². The van der Waals surface area contributed by atoms with E-state index in [1.165, 1.54) is 0 Å². The lowest BCUT2D eigenvalue weighted by atomic mass is 9.98. The average Bonchev–Trinajstić information content (AvgIpc) is 2.27. The van der Waals surface area contributed by atoms with Crippen LogP contribution in [0.1, 0.15) is 26.2 Å². The molecular weight excluding hydrogens is 190 g/mol. The van der Waals surface area contributed by atoms with Crippen LogP contribution in [0, 0.1) is 5.92 Å². The van der Waals surface area contributed by atoms with Gasteiger partial charge in [-0.2, -0.15) is 0 Å². The van der Waals surface area contributed by atoms with E-state index in [-0.39, 0.29) is 11.9 Å². The third kappa shape index (κ3) is 4.04. The van der Waals surface area contributed by atoms with Crippen LogP contribution in [0.25, 0.3) is 0 Å². The Kier molecular flexibility index (Phi) is 5.40. The molecule has 0 saturated carbocycles. The van der Waals surface area contributed by atoms with Crippen LogP contribution in [0.3, 0.4) is 0 Å². The Balaban J connectivity index is 2.34. The molecule has 0 spiro atoms. The van der Waals surface area contributed by atoms with E-state index in [9.17, 15) is 4.79 Å². The molecule has 1 aliphatic rings. The highest BCUT2D eigenvalue weighted by Gasteiger charge is 2.26. The molecule has 3 heteroatoms. The number of piperidine rings is 1. The first-order chi connectivity index (χ1) is 7.27. The number of hydrogen-bond donors (Lipinski definition) is 0. The summed E-state index contributed by atoms with van der Waals surface area (Å²) in [5, 5.41) is 0. The second-order valence-corrected chi connectivity index (χ2v) is 3.97. The number of rotatable bonds is 5. The summed E-state index contributed by atoms with van der Waals surface area (Å²) < 4.78 is 5.05. The van der Waals surface area contributed by atoms with Crippen LogP contribution in [-0.2, 0) is 9.53 Å². The van der Waals surface area contributed by atoms with Crippen molar-refractivity contribution in [3.05, 3.63) is 12.7 Å². The van der Waals surface area contributed by atoms with Crippen LogP contribution in [0.2, 0.25) is 0 Å². The molecule has 1 atom stereocenters. The topological polar surface area (TPSA) is 29.5 Å². The van der Waals surface area contributed by atoms with E-state index < -0.39 is 0 Å². The summed E-state index contributed by atoms with van der Waals surface area (Å²) in [7, 11) is 0. The van der Waals surface area contributed by atoms with E-state index in [0.717, 1.165) is 38.9 Å². The normalized spacial score (nSPS) is 22.3. The fourth-order valence-corrected chi connectivity index (χ4v) is 1.98. The highest BCUT2D eigenvalue weighted by Crippen LogP contribution is 2.17. The highest BCUT2D eigenvalue weighted by molar-refractivity contribution is 5.72. The average molecular weight is 211 g/mol. The van der Waals surface area contributed by atoms with Crippen molar-refractivity contribution in [2.24, 2.45) is 5.92 Å². The van der Waals surface area contributed by atoms with E-state index in [0.29, 0.717) is 6.61 Å². The number of nitrogens with zero attached hydrogens (tertiary/aromatic N) is 1. The smallest absolute Gasteiger partial charge is 0.310 e. The Labute approximate surface area is 92.1 Å². The van der Waals surface area contributed by atoms with Gasteiger partial charge in [-0.25, -0.2) is 0 Å². The van der Waals surface area contributed by atoms with Crippen molar-refractivity contribution in [1.29, 1.82) is 0 Å². The van der Waals surface area contributed by atoms with E-state index in [1.807, 2.05) is 13.0 Å². The quantitative estimate of drug-likeness (QED) is 0.513. The predicted molar refractivity (Wildman–Crippen MR) is 60.6 cm³/mol. The van der Waals surface area contributed by atoms with Crippen LogP contribution in [-0.4, -0.2) is 37.1 Å². The molecule has 1 unspecified atom stereocenters. The molecule has 0 aromatic heterocycles. The van der Waals surface area contributed by atoms with Crippen molar-refractivity contribution in [3.8, 4) is 0 Å². The molecule has 1 heterocycles. The molecule has 1 rings (SSSR count). The van der Waals surface area contributed by atoms with Crippen LogP contribution in [0.4, 0.5) is 0 Å². The number of likely N-dealkylation sites (tertiary alicyclic amines) is 1. The molecule has 15 heavy (non-hydrogen) atoms. The predicted octanol–water partition coefficient (Wildman–Crippen LogP) is 1.84. The van der Waals surface area contributed by atoms with Gasteiger partial charge in [0.15, 0.2) is 0 Å². The molecule has 0 radical (unpaired) electrons. The number of ether oxygens (including phenoxy) is 1. The third-order valence-corrected chi connectivity index (χ3v) is 2.77. The minimum absolute atomic E-state index is 0.0270. The monoisotopic (exact) mass is 211 g/mol. The summed E-state index contributed by atoms with van der Waals surface area (Å²) >= 11 is 0. The summed E-state index contributed by atoms with van der Waals surface area (Å²) in [6, 6.07) is 0. The molecular formula is C12H21NO2. The molecule has 1 aliphatic heterocycles. The van der Waals surface area contributed by atoms with Crippen LogP contribution >= 0.6 is 0 Å². The molecule has 1 fully saturated rings. The zero-order valence-electron chi connectivity index (χ0n) is 9.58. The lowest BCUT2D eigenvalue weighted by Gasteiger charge is -2.31. The van der Waals surface area contributed by atoms with E-state index in [2.05, 4.69) is 11.5 Å². The van der Waals surface area contributed by atoms with E-state index in [4.69, 9.17) is 4.74 Å². The Hall–Kier alpha value is -0.830. The SMILES string of the molecule is C=CCCN1CCCC(C(=O)OCC)C1. The van der Waals surface area contributed by atoms with Crippen LogP contribution in [0.15, 0.2) is 12.7 Å². The number of carbonyl (C=O) groups excluding carboxylic acids is 1. The molecule has 0 amide bonds. The van der Waals surface area contributed by atoms with Gasteiger partial charge in [0.2, 0.25) is 0 Å². The molecule has 0 aromatic rings. The van der Waals surface area contributed by atoms with Gasteiger partial charge in [-0.05, 0) is 32.7 Å². The first-order valence-corrected chi connectivity index (χ1v) is 5.77. The van der Waals surface area contributed by atoms with Crippen LogP contribution in [0.5, 0.6) is 0 Å². The Bertz CT molecular complexity index is 216. The summed E-state index contributed by atoms with van der Waals surface area (Å²) in [6.45, 7) is 9.02. The minimum Gasteiger partial charge on any atom is -0.466 e. The molecule has 0 aliphatic carbocycles. The van der Waals surface area contributed by atoms with Gasteiger partial charge in [0.1, 0.15) is 0 Å². The maximum Gasteiger partial charge on any atom is 0.310 e. The second kappa shape index (κ2) is 6.62. The zero-order chi connectivity index (χ0) is 11.1. The van der Waals surface area contributed by atoms with Crippen molar-refractivity contribution >= 4 is 5.97 Å². The molecule has 1 saturated heterocycles. The van der Waals surface area contributed by atoms with Gasteiger partial charge in [0.05, 0.1) is 12.5 Å². The Morgan fingerprint density at radius 3 is 3.13 bits per heavy atom. The van der Waals surface area contributed by atoms with Crippen molar-refractivity contribution in [3.63, 3.8) is 0 Å². The number of esters is 1. The second-order valence-electron chi connectivity index (χ2n) is 3.97. The van der Waals surface area contributed by atoms with Gasteiger partial charge in [0, 0.05) is 13.1 Å². The van der Waals surface area contributed by atoms with Gasteiger partial charge in [-0.15, -0.1) is 6.58 Å². The maximum absolute atomic E-state index is 11.5. The summed E-state index contributed by atoms with van der Waals surface area (Å²) in [4.78, 5) is 13.9. The van der Waals surface area contributed by atoms with Crippen molar-refractivity contribution < 1.29 is 9.53 Å². The largest absolute Gasteiger partial charge is 0.466 e. The van der Waals surface area contributed by atoms with Gasteiger partial charge in [-0.3, -0.25) is 4.79 Å². The Morgan fingerprint density at radius 2 is 2.47 bits per heavy atom. The number of hydrogen-bond acceptors (Lipinski definition) is 3. The Morgan fingerprint density at radius 1 is 1.67 bits per heavy atom. The van der Waals surface area contributed by atoms with Gasteiger partial charge in [0.25, 0.3) is 0 Å². The van der Waals surface area contributed by atoms with Crippen molar-refractivity contribution in [2.45, 2.75) is 26.2 Å². The molecule has 86 valence electrons. The summed E-state index contributed by atoms with van der Waals surface area (Å²) in [6.07, 6.45) is 4.99. The van der Waals surface area contributed by atoms with Gasteiger partial charge >= 0.3 is 5.97 Å². The lowest BCUT2D eigenvalue weighted by molar-refractivity contribution is -0.149. The van der Waals surface area contributed by atoms with E-state index in [1.54, 1.807) is 0 Å². The fourth-order valence-electron chi connectivity index (χ4n) is 1.98. The fraction of sp³-hybridized carbons (Fsp3) is 0.750. The summed E-state index contributed by atoms with van der Waals surface area (Å²) in [5.41, 5.74) is 0. The minimum atomic E-state index is -0.0270. The molecule has 0 bridgehead atoms. The van der Waals surface area contributed by atoms with Crippen LogP contribution < -0.4 is 0 Å². The first kappa shape index (κ1) is 12.2. The first-order valence-electron chi connectivity index (χ1n) is 5.77. The van der Waals surface area contributed by atoms with Gasteiger partial charge < -0.3 is 9.64 Å². The van der Waals surface area contributed by atoms with Crippen molar-refractivity contribution in [1.82, 2.24) is 4.90 Å². The molecule has 3 nitrogen and oxygen atoms in total. The zero-order valence-corrected chi connectivity index (χ0v) is 9.58. The number of carbonyl (C=O) groups is 1. The molecule has 0 N–H and O–H groups in total. The van der Waals surface area contributed by atoms with Gasteiger partial charge in [-0.1, -0.05) is 6.08 Å².